The molecule has 3 aromatic carbocycles. The number of fused-ring (bicyclic) bond motifs is 3. The number of alkyl halides is 3. The van der Waals surface area contributed by atoms with E-state index >= 15 is 0 Å². The van der Waals surface area contributed by atoms with Crippen LogP contribution in [0.25, 0.3) is 11.1 Å². The highest BCUT2D eigenvalue weighted by atomic mass is 19.4. The molecule has 0 heterocycles. The van der Waals surface area contributed by atoms with Crippen LogP contribution in [0.3, 0.4) is 0 Å². The molecule has 190 valence electrons. The van der Waals surface area contributed by atoms with Crippen molar-refractivity contribution < 1.29 is 22.7 Å². The zero-order chi connectivity index (χ0) is 25.9. The SMILES string of the molecule is CC[C@H](C)[C@H](N)CN(Cc1ccccc1C(F)(F)F)C(=O)OCC1c2ccccc2-c2ccccc21. The van der Waals surface area contributed by atoms with E-state index in [4.69, 9.17) is 10.5 Å². The molecule has 36 heavy (non-hydrogen) atoms. The van der Waals surface area contributed by atoms with Crippen molar-refractivity contribution in [3.8, 4) is 11.1 Å². The van der Waals surface area contributed by atoms with Gasteiger partial charge < -0.3 is 15.4 Å². The maximum absolute atomic E-state index is 13.6. The van der Waals surface area contributed by atoms with E-state index in [1.54, 1.807) is 0 Å². The number of ether oxygens (including phenoxy) is 1. The molecule has 0 aromatic heterocycles. The van der Waals surface area contributed by atoms with Crippen molar-refractivity contribution in [2.75, 3.05) is 13.2 Å². The summed E-state index contributed by atoms with van der Waals surface area (Å²) in [6, 6.07) is 20.9. The lowest BCUT2D eigenvalue weighted by atomic mass is 9.98. The van der Waals surface area contributed by atoms with Crippen LogP contribution >= 0.6 is 0 Å². The first-order valence-corrected chi connectivity index (χ1v) is 12.2. The number of carbonyl (C=O) groups is 1. The average Bonchev–Trinajstić information content (AvgIpc) is 3.19. The molecule has 0 spiro atoms. The quantitative estimate of drug-likeness (QED) is 0.372. The summed E-state index contributed by atoms with van der Waals surface area (Å²) in [4.78, 5) is 14.6. The van der Waals surface area contributed by atoms with Crippen molar-refractivity contribution in [3.63, 3.8) is 0 Å². The number of hydrogen-bond acceptors (Lipinski definition) is 3. The Kier molecular flexibility index (Phi) is 7.69. The minimum absolute atomic E-state index is 0.00913. The second-order valence-electron chi connectivity index (χ2n) is 9.39. The van der Waals surface area contributed by atoms with Crippen molar-refractivity contribution >= 4 is 6.09 Å². The minimum atomic E-state index is -4.53. The Morgan fingerprint density at radius 1 is 0.972 bits per heavy atom. The molecule has 0 unspecified atom stereocenters. The van der Waals surface area contributed by atoms with E-state index in [1.807, 2.05) is 62.4 Å². The predicted molar refractivity (Wildman–Crippen MR) is 134 cm³/mol. The Hall–Kier alpha value is -3.32. The zero-order valence-corrected chi connectivity index (χ0v) is 20.5. The normalized spacial score (nSPS) is 14.6. The van der Waals surface area contributed by atoms with Crippen molar-refractivity contribution in [1.82, 2.24) is 4.90 Å². The number of amides is 1. The molecule has 0 saturated heterocycles. The van der Waals surface area contributed by atoms with E-state index in [0.29, 0.717) is 0 Å². The van der Waals surface area contributed by atoms with Crippen LogP contribution in [0.2, 0.25) is 0 Å². The van der Waals surface area contributed by atoms with Gasteiger partial charge >= 0.3 is 12.3 Å². The minimum Gasteiger partial charge on any atom is -0.448 e. The van der Waals surface area contributed by atoms with Crippen LogP contribution in [0.4, 0.5) is 18.0 Å². The van der Waals surface area contributed by atoms with Crippen LogP contribution in [-0.2, 0) is 17.5 Å². The largest absolute Gasteiger partial charge is 0.448 e. The molecule has 2 N–H and O–H groups in total. The highest BCUT2D eigenvalue weighted by Crippen LogP contribution is 2.44. The summed E-state index contributed by atoms with van der Waals surface area (Å²) in [7, 11) is 0. The molecule has 3 aromatic rings. The molecular formula is C29H31F3N2O2. The Bertz CT molecular complexity index is 1170. The molecule has 1 aliphatic carbocycles. The Morgan fingerprint density at radius 2 is 1.53 bits per heavy atom. The first-order chi connectivity index (χ1) is 17.2. The number of benzene rings is 3. The van der Waals surface area contributed by atoms with Crippen LogP contribution in [-0.4, -0.2) is 30.2 Å². The molecule has 0 bridgehead atoms. The molecule has 2 atom stereocenters. The topological polar surface area (TPSA) is 55.6 Å². The zero-order valence-electron chi connectivity index (χ0n) is 20.5. The highest BCUT2D eigenvalue weighted by Gasteiger charge is 2.35. The first kappa shape index (κ1) is 25.8. The number of hydrogen-bond donors (Lipinski definition) is 1. The first-order valence-electron chi connectivity index (χ1n) is 12.2. The van der Waals surface area contributed by atoms with Crippen LogP contribution in [0.5, 0.6) is 0 Å². The summed E-state index contributed by atoms with van der Waals surface area (Å²) in [5.74, 6) is -0.0550. The van der Waals surface area contributed by atoms with Gasteiger partial charge in [0.1, 0.15) is 6.61 Å². The maximum atomic E-state index is 13.6. The summed E-state index contributed by atoms with van der Waals surface area (Å²) in [5.41, 5.74) is 9.90. The van der Waals surface area contributed by atoms with Gasteiger partial charge in [-0.2, -0.15) is 13.2 Å². The van der Waals surface area contributed by atoms with E-state index in [2.05, 4.69) is 0 Å². The Morgan fingerprint density at radius 3 is 2.11 bits per heavy atom. The smallest absolute Gasteiger partial charge is 0.416 e. The third-order valence-electron chi connectivity index (χ3n) is 7.08. The van der Waals surface area contributed by atoms with E-state index in [9.17, 15) is 18.0 Å². The van der Waals surface area contributed by atoms with Crippen molar-refractivity contribution in [2.24, 2.45) is 11.7 Å². The summed E-state index contributed by atoms with van der Waals surface area (Å²) in [5, 5.41) is 0. The van der Waals surface area contributed by atoms with Crippen molar-refractivity contribution in [1.29, 1.82) is 0 Å². The molecular weight excluding hydrogens is 465 g/mol. The molecule has 4 rings (SSSR count). The van der Waals surface area contributed by atoms with Gasteiger partial charge in [-0.05, 0) is 39.8 Å². The summed E-state index contributed by atoms with van der Waals surface area (Å²) in [6.45, 7) is 3.89. The number of halogens is 3. The standard InChI is InChI=1S/C29H31F3N2O2/c1-3-19(2)27(33)17-34(16-20-10-4-9-15-26(20)29(30,31)32)28(35)36-18-25-23-13-7-5-11-21(23)22-12-6-8-14-24(22)25/h4-15,19,25,27H,3,16-18,33H2,1-2H3/t19-,27+/m0/s1. The fourth-order valence-corrected chi connectivity index (χ4v) is 4.77. The Labute approximate surface area is 209 Å². The van der Waals surface area contributed by atoms with E-state index < -0.39 is 23.9 Å². The molecule has 1 amide bonds. The third kappa shape index (κ3) is 5.41. The summed E-state index contributed by atoms with van der Waals surface area (Å²) >= 11 is 0. The van der Waals surface area contributed by atoms with Crippen LogP contribution < -0.4 is 5.73 Å². The average molecular weight is 497 g/mol. The van der Waals surface area contributed by atoms with Crippen LogP contribution in [0, 0.1) is 5.92 Å². The summed E-state index contributed by atoms with van der Waals surface area (Å²) in [6.07, 6.45) is -4.41. The van der Waals surface area contributed by atoms with Gasteiger partial charge in [0.2, 0.25) is 0 Å². The molecule has 4 nitrogen and oxygen atoms in total. The van der Waals surface area contributed by atoms with Gasteiger partial charge in [-0.15, -0.1) is 0 Å². The Balaban J connectivity index is 1.56. The number of carbonyl (C=O) groups excluding carboxylic acids is 1. The molecule has 0 fully saturated rings. The predicted octanol–water partition coefficient (Wildman–Crippen LogP) is 6.83. The molecule has 1 aliphatic rings. The van der Waals surface area contributed by atoms with Gasteiger partial charge in [0.05, 0.1) is 5.56 Å². The lowest BCUT2D eigenvalue weighted by Crippen LogP contribution is -2.44. The van der Waals surface area contributed by atoms with E-state index in [0.717, 1.165) is 34.7 Å². The number of rotatable bonds is 8. The van der Waals surface area contributed by atoms with Gasteiger partial charge in [-0.1, -0.05) is 87.0 Å². The van der Waals surface area contributed by atoms with Gasteiger partial charge in [-0.25, -0.2) is 4.79 Å². The second kappa shape index (κ2) is 10.7. The molecule has 7 heteroatoms. The summed E-state index contributed by atoms with van der Waals surface area (Å²) < 4.78 is 46.6. The van der Waals surface area contributed by atoms with E-state index in [1.165, 1.54) is 23.1 Å². The van der Waals surface area contributed by atoms with Gasteiger partial charge in [0.15, 0.2) is 0 Å². The molecule has 0 radical (unpaired) electrons. The second-order valence-corrected chi connectivity index (χ2v) is 9.39. The van der Waals surface area contributed by atoms with E-state index in [-0.39, 0.29) is 37.1 Å². The highest BCUT2D eigenvalue weighted by molar-refractivity contribution is 5.79. The maximum Gasteiger partial charge on any atom is 0.416 e. The van der Waals surface area contributed by atoms with Crippen LogP contribution in [0.1, 0.15) is 48.4 Å². The number of nitrogens with zero attached hydrogens (tertiary/aromatic N) is 1. The third-order valence-corrected chi connectivity index (χ3v) is 7.08. The van der Waals surface area contributed by atoms with Gasteiger partial charge in [0, 0.05) is 25.0 Å². The fourth-order valence-electron chi connectivity index (χ4n) is 4.77. The number of nitrogens with two attached hydrogens (primary N) is 1. The molecule has 0 aliphatic heterocycles. The van der Waals surface area contributed by atoms with Gasteiger partial charge in [0.25, 0.3) is 0 Å². The van der Waals surface area contributed by atoms with Crippen LogP contribution in [0.15, 0.2) is 72.8 Å². The monoisotopic (exact) mass is 496 g/mol. The van der Waals surface area contributed by atoms with Gasteiger partial charge in [-0.3, -0.25) is 0 Å². The fraction of sp³-hybridized carbons (Fsp3) is 0.345. The lowest BCUT2D eigenvalue weighted by molar-refractivity contribution is -0.138. The van der Waals surface area contributed by atoms with Crippen molar-refractivity contribution in [2.45, 2.75) is 44.9 Å². The lowest BCUT2D eigenvalue weighted by Gasteiger charge is -2.29. The molecule has 0 saturated carbocycles. The van der Waals surface area contributed by atoms with Crippen molar-refractivity contribution in [3.05, 3.63) is 95.1 Å².